The first kappa shape index (κ1) is 20.9. The van der Waals surface area contributed by atoms with Crippen LogP contribution in [0.1, 0.15) is 27.7 Å². The molecule has 0 amide bonds. The van der Waals surface area contributed by atoms with Crippen LogP contribution in [-0.2, 0) is 9.31 Å². The van der Waals surface area contributed by atoms with E-state index in [2.05, 4.69) is 15.1 Å². The summed E-state index contributed by atoms with van der Waals surface area (Å²) in [5, 5.41) is 5.13. The topological polar surface area (TPSA) is 100 Å². The van der Waals surface area contributed by atoms with Crippen molar-refractivity contribution in [1.29, 1.82) is 0 Å². The van der Waals surface area contributed by atoms with Gasteiger partial charge < -0.3 is 18.2 Å². The number of benzene rings is 1. The van der Waals surface area contributed by atoms with Gasteiger partial charge in [0.2, 0.25) is 5.82 Å². The van der Waals surface area contributed by atoms with Crippen LogP contribution in [0.5, 0.6) is 0 Å². The van der Waals surface area contributed by atoms with Gasteiger partial charge in [0.25, 0.3) is 5.89 Å². The van der Waals surface area contributed by atoms with E-state index in [4.69, 9.17) is 29.8 Å². The summed E-state index contributed by atoms with van der Waals surface area (Å²) in [6.45, 7) is 7.97. The average molecular weight is 452 g/mol. The van der Waals surface area contributed by atoms with Crippen molar-refractivity contribution in [3.8, 4) is 23.0 Å². The molecule has 0 atom stereocenters. The molecular weight excluding hydrogens is 433 g/mol. The van der Waals surface area contributed by atoms with Crippen LogP contribution in [0, 0.1) is 0 Å². The van der Waals surface area contributed by atoms with E-state index in [0.29, 0.717) is 21.7 Å². The zero-order chi connectivity index (χ0) is 22.7. The Kier molecular flexibility index (Phi) is 4.74. The van der Waals surface area contributed by atoms with Crippen LogP contribution in [0.15, 0.2) is 56.3 Å². The minimum Gasteiger partial charge on any atom is -0.422 e. The van der Waals surface area contributed by atoms with Crippen molar-refractivity contribution < 1.29 is 18.2 Å². The van der Waals surface area contributed by atoms with Gasteiger partial charge in [-0.25, -0.2) is 4.79 Å². The summed E-state index contributed by atoms with van der Waals surface area (Å²) in [4.78, 5) is 21.1. The van der Waals surface area contributed by atoms with Gasteiger partial charge >= 0.3 is 12.7 Å². The maximum atomic E-state index is 12.4. The second-order valence-corrected chi connectivity index (χ2v) is 9.05. The molecule has 0 unspecified atom stereocenters. The van der Waals surface area contributed by atoms with Gasteiger partial charge in [0.05, 0.1) is 11.2 Å². The Morgan fingerprint density at radius 3 is 2.44 bits per heavy atom. The van der Waals surface area contributed by atoms with Crippen LogP contribution in [0.2, 0.25) is 5.02 Å². The molecule has 0 radical (unpaired) electrons. The summed E-state index contributed by atoms with van der Waals surface area (Å²) in [5.74, 6) is 0.276. The lowest BCUT2D eigenvalue weighted by Gasteiger charge is -2.32. The molecular formula is C22H19BClN3O5. The highest BCUT2D eigenvalue weighted by molar-refractivity contribution is 6.62. The first-order chi connectivity index (χ1) is 15.1. The Morgan fingerprint density at radius 2 is 1.75 bits per heavy atom. The maximum Gasteiger partial charge on any atom is 0.496 e. The Hall–Kier alpha value is -3.01. The molecule has 1 saturated heterocycles. The number of nitrogens with zero attached hydrogens (tertiary/aromatic N) is 3. The highest BCUT2D eigenvalue weighted by atomic mass is 35.5. The molecule has 4 aromatic rings. The number of pyridine rings is 1. The first-order valence-electron chi connectivity index (χ1n) is 10.0. The van der Waals surface area contributed by atoms with Gasteiger partial charge in [0.1, 0.15) is 16.8 Å². The average Bonchev–Trinajstić information content (AvgIpc) is 3.30. The summed E-state index contributed by atoms with van der Waals surface area (Å²) < 4.78 is 22.7. The van der Waals surface area contributed by atoms with Crippen LogP contribution >= 0.6 is 11.6 Å². The van der Waals surface area contributed by atoms with E-state index in [1.165, 1.54) is 0 Å². The van der Waals surface area contributed by atoms with Crippen LogP contribution in [0.25, 0.3) is 33.9 Å². The Balaban J connectivity index is 1.43. The molecule has 162 valence electrons. The van der Waals surface area contributed by atoms with Gasteiger partial charge in [0.15, 0.2) is 0 Å². The normalized spacial score (nSPS) is 17.2. The fraction of sp³-hybridized carbons (Fsp3) is 0.273. The molecule has 5 rings (SSSR count). The predicted octanol–water partition coefficient (Wildman–Crippen LogP) is 3.86. The number of aromatic nitrogens is 3. The van der Waals surface area contributed by atoms with E-state index in [-0.39, 0.29) is 17.3 Å². The van der Waals surface area contributed by atoms with Crippen molar-refractivity contribution in [3.05, 3.63) is 58.0 Å². The molecule has 0 aliphatic carbocycles. The van der Waals surface area contributed by atoms with Crippen molar-refractivity contribution in [2.75, 3.05) is 0 Å². The standard InChI is InChI=1S/C22H19BClN3O5/c1-21(2)22(3,4)32-23(31-21)13-5-7-16(25-11-13)18-26-19(30-27-18)15-10-12-9-14(24)6-8-17(12)29-20(15)28/h5-11H,1-4H3. The third kappa shape index (κ3) is 3.52. The van der Waals surface area contributed by atoms with Crippen molar-refractivity contribution in [2.24, 2.45) is 0 Å². The van der Waals surface area contributed by atoms with Crippen LogP contribution < -0.4 is 11.1 Å². The van der Waals surface area contributed by atoms with E-state index in [9.17, 15) is 4.79 Å². The molecule has 1 aliphatic heterocycles. The zero-order valence-corrected chi connectivity index (χ0v) is 18.6. The molecule has 0 saturated carbocycles. The van der Waals surface area contributed by atoms with Gasteiger partial charge in [-0.1, -0.05) is 22.8 Å². The zero-order valence-electron chi connectivity index (χ0n) is 17.9. The highest BCUT2D eigenvalue weighted by Crippen LogP contribution is 2.36. The molecule has 0 bridgehead atoms. The lowest BCUT2D eigenvalue weighted by Crippen LogP contribution is -2.41. The molecule has 32 heavy (non-hydrogen) atoms. The third-order valence-electron chi connectivity index (χ3n) is 5.89. The van der Waals surface area contributed by atoms with Crippen LogP contribution in [-0.4, -0.2) is 33.4 Å². The van der Waals surface area contributed by atoms with Crippen molar-refractivity contribution in [1.82, 2.24) is 15.1 Å². The van der Waals surface area contributed by atoms with Crippen molar-refractivity contribution in [2.45, 2.75) is 38.9 Å². The summed E-state index contributed by atoms with van der Waals surface area (Å²) in [6, 6.07) is 10.2. The predicted molar refractivity (Wildman–Crippen MR) is 120 cm³/mol. The van der Waals surface area contributed by atoms with Crippen molar-refractivity contribution in [3.63, 3.8) is 0 Å². The maximum absolute atomic E-state index is 12.4. The molecule has 8 nitrogen and oxygen atoms in total. The number of halogens is 1. The third-order valence-corrected chi connectivity index (χ3v) is 6.13. The van der Waals surface area contributed by atoms with Crippen molar-refractivity contribution >= 4 is 35.2 Å². The largest absolute Gasteiger partial charge is 0.496 e. The number of hydrogen-bond acceptors (Lipinski definition) is 8. The van der Waals surface area contributed by atoms with Gasteiger partial charge in [-0.15, -0.1) is 0 Å². The summed E-state index contributed by atoms with van der Waals surface area (Å²) in [6.07, 6.45) is 1.65. The number of rotatable bonds is 3. The van der Waals surface area contributed by atoms with E-state index < -0.39 is 23.9 Å². The van der Waals surface area contributed by atoms with Crippen LogP contribution in [0.4, 0.5) is 0 Å². The first-order valence-corrected chi connectivity index (χ1v) is 10.4. The highest BCUT2D eigenvalue weighted by Gasteiger charge is 2.51. The van der Waals surface area contributed by atoms with E-state index in [1.54, 1.807) is 36.5 Å². The van der Waals surface area contributed by atoms with Gasteiger partial charge in [-0.2, -0.15) is 4.98 Å². The lowest BCUT2D eigenvalue weighted by atomic mass is 9.80. The minimum absolute atomic E-state index is 0.0347. The van der Waals surface area contributed by atoms with Gasteiger partial charge in [0, 0.05) is 22.1 Å². The summed E-state index contributed by atoms with van der Waals surface area (Å²) >= 11 is 6.03. The van der Waals surface area contributed by atoms with Gasteiger partial charge in [-0.3, -0.25) is 4.98 Å². The van der Waals surface area contributed by atoms with E-state index in [0.717, 1.165) is 5.46 Å². The lowest BCUT2D eigenvalue weighted by molar-refractivity contribution is 0.00578. The summed E-state index contributed by atoms with van der Waals surface area (Å²) in [7, 11) is -0.517. The molecule has 1 fully saturated rings. The molecule has 3 aromatic heterocycles. The SMILES string of the molecule is CC1(C)OB(c2ccc(-c3noc(-c4cc5cc(Cl)ccc5oc4=O)n3)nc2)OC1(C)C. The van der Waals surface area contributed by atoms with Gasteiger partial charge in [-0.05, 0) is 58.0 Å². The minimum atomic E-state index is -0.584. The fourth-order valence-corrected chi connectivity index (χ4v) is 3.52. The molecule has 0 spiro atoms. The Labute approximate surface area is 188 Å². The second-order valence-electron chi connectivity index (χ2n) is 8.62. The summed E-state index contributed by atoms with van der Waals surface area (Å²) in [5.41, 5.74) is 0.361. The Morgan fingerprint density at radius 1 is 1.00 bits per heavy atom. The number of hydrogen-bond donors (Lipinski definition) is 0. The second kappa shape index (κ2) is 7.26. The monoisotopic (exact) mass is 451 g/mol. The fourth-order valence-electron chi connectivity index (χ4n) is 3.34. The molecule has 10 heteroatoms. The quantitative estimate of drug-likeness (QED) is 0.342. The van der Waals surface area contributed by atoms with E-state index >= 15 is 0 Å². The van der Waals surface area contributed by atoms with E-state index in [1.807, 2.05) is 33.8 Å². The Bertz CT molecular complexity index is 1360. The molecule has 1 aromatic carbocycles. The smallest absolute Gasteiger partial charge is 0.422 e. The number of fused-ring (bicyclic) bond motifs is 1. The molecule has 4 heterocycles. The molecule has 0 N–H and O–H groups in total. The molecule has 1 aliphatic rings. The van der Waals surface area contributed by atoms with Crippen LogP contribution in [0.3, 0.4) is 0 Å².